The van der Waals surface area contributed by atoms with Crippen LogP contribution in [0.5, 0.6) is 0 Å². The summed E-state index contributed by atoms with van der Waals surface area (Å²) in [5, 5.41) is 30.9. The first-order valence-corrected chi connectivity index (χ1v) is 4.51. The second kappa shape index (κ2) is 18.7. The predicted molar refractivity (Wildman–Crippen MR) is 56.3 cm³/mol. The van der Waals surface area contributed by atoms with Gasteiger partial charge in [0.1, 0.15) is 0 Å². The van der Waals surface area contributed by atoms with Crippen LogP contribution in [-0.4, -0.2) is 22.2 Å². The first-order valence-electron chi connectivity index (χ1n) is 4.51. The Labute approximate surface area is 94.7 Å². The van der Waals surface area contributed by atoms with E-state index >= 15 is 0 Å². The molecule has 0 fully saturated rings. The lowest BCUT2D eigenvalue weighted by Crippen LogP contribution is -1.97. The average molecular weight is 228 g/mol. The second-order valence-electron chi connectivity index (χ2n) is 2.44. The van der Waals surface area contributed by atoms with Crippen LogP contribution < -0.4 is 0 Å². The number of carboxylic acids is 2. The number of unbranched alkanes of at least 4 members (excludes halogenated alkanes) is 1. The van der Waals surface area contributed by atoms with E-state index < -0.39 is 11.9 Å². The van der Waals surface area contributed by atoms with E-state index in [1.165, 1.54) is 13.8 Å². The molecule has 0 saturated carbocycles. The lowest BCUT2D eigenvalue weighted by molar-refractivity contribution is -0.139. The van der Waals surface area contributed by atoms with E-state index in [9.17, 15) is 9.59 Å². The fourth-order valence-corrected chi connectivity index (χ4v) is 0.552. The number of aliphatic carboxylic acids is 2. The van der Waals surface area contributed by atoms with Crippen molar-refractivity contribution in [2.75, 3.05) is 0 Å². The second-order valence-corrected chi connectivity index (χ2v) is 2.44. The lowest BCUT2D eigenvalue weighted by atomic mass is 10.2. The van der Waals surface area contributed by atoms with Gasteiger partial charge in [0.05, 0.1) is 12.1 Å². The number of rotatable bonds is 5. The van der Waals surface area contributed by atoms with Crippen molar-refractivity contribution >= 4 is 11.9 Å². The molecule has 0 saturated heterocycles. The smallest absolute Gasteiger partial charge is 0.303 e. The van der Waals surface area contributed by atoms with Crippen molar-refractivity contribution in [2.24, 2.45) is 0 Å². The highest BCUT2D eigenvalue weighted by atomic mass is 16.4. The molecule has 0 unspecified atom stereocenters. The zero-order chi connectivity index (χ0) is 13.4. The van der Waals surface area contributed by atoms with Crippen LogP contribution in [0.25, 0.3) is 0 Å². The van der Waals surface area contributed by atoms with Crippen molar-refractivity contribution < 1.29 is 19.8 Å². The van der Waals surface area contributed by atoms with Gasteiger partial charge >= 0.3 is 11.9 Å². The van der Waals surface area contributed by atoms with Crippen LogP contribution >= 0.6 is 0 Å². The van der Waals surface area contributed by atoms with E-state index in [4.69, 9.17) is 20.7 Å². The highest BCUT2D eigenvalue weighted by molar-refractivity contribution is 5.67. The van der Waals surface area contributed by atoms with Gasteiger partial charge in [-0.05, 0) is 12.8 Å². The topological polar surface area (TPSA) is 122 Å². The highest BCUT2D eigenvalue weighted by Crippen LogP contribution is 1.98. The van der Waals surface area contributed by atoms with Gasteiger partial charge in [-0.1, -0.05) is 0 Å². The third-order valence-electron chi connectivity index (χ3n) is 1.03. The van der Waals surface area contributed by atoms with Gasteiger partial charge in [0, 0.05) is 26.7 Å². The summed E-state index contributed by atoms with van der Waals surface area (Å²) in [6.45, 7) is 2.86. The summed E-state index contributed by atoms with van der Waals surface area (Å²) >= 11 is 0. The summed E-state index contributed by atoms with van der Waals surface area (Å²) in [4.78, 5) is 19.8. The molecule has 0 aromatic heterocycles. The van der Waals surface area contributed by atoms with Crippen LogP contribution in [0.2, 0.25) is 0 Å². The number of carbonyl (C=O) groups is 2. The third-order valence-corrected chi connectivity index (χ3v) is 1.03. The molecule has 6 nitrogen and oxygen atoms in total. The molecule has 0 aliphatic rings. The maximum Gasteiger partial charge on any atom is 0.303 e. The van der Waals surface area contributed by atoms with Crippen LogP contribution in [0.15, 0.2) is 0 Å². The van der Waals surface area contributed by atoms with Crippen molar-refractivity contribution in [3.05, 3.63) is 0 Å². The van der Waals surface area contributed by atoms with Gasteiger partial charge in [-0.3, -0.25) is 9.59 Å². The summed E-state index contributed by atoms with van der Waals surface area (Å²) in [5.41, 5.74) is 0. The number of nitriles is 2. The van der Waals surface area contributed by atoms with E-state index in [0.717, 1.165) is 0 Å². The molecule has 0 aromatic rings. The van der Waals surface area contributed by atoms with Gasteiger partial charge in [0.2, 0.25) is 0 Å². The minimum Gasteiger partial charge on any atom is -0.481 e. The van der Waals surface area contributed by atoms with Crippen LogP contribution in [0.4, 0.5) is 0 Å². The van der Waals surface area contributed by atoms with Crippen molar-refractivity contribution in [3.8, 4) is 12.1 Å². The zero-order valence-electron chi connectivity index (χ0n) is 9.43. The normalized spacial score (nSPS) is 6.75. The SMILES string of the molecule is CC#N.CC#N.O=C(O)CCCCC(=O)O. The van der Waals surface area contributed by atoms with Crippen LogP contribution in [0.1, 0.15) is 39.5 Å². The molecule has 0 aliphatic heterocycles. The Morgan fingerprint density at radius 2 is 1.12 bits per heavy atom. The fourth-order valence-electron chi connectivity index (χ4n) is 0.552. The maximum atomic E-state index is 9.90. The lowest BCUT2D eigenvalue weighted by Gasteiger charge is -1.92. The van der Waals surface area contributed by atoms with Crippen molar-refractivity contribution in [2.45, 2.75) is 39.5 Å². The highest BCUT2D eigenvalue weighted by Gasteiger charge is 1.99. The summed E-state index contributed by atoms with van der Waals surface area (Å²) in [7, 11) is 0. The molecule has 0 amide bonds. The van der Waals surface area contributed by atoms with Crippen molar-refractivity contribution in [3.63, 3.8) is 0 Å². The van der Waals surface area contributed by atoms with E-state index in [1.54, 1.807) is 12.1 Å². The Kier molecular flexibility index (Phi) is 22.7. The Morgan fingerprint density at radius 3 is 1.25 bits per heavy atom. The number of hydrogen-bond donors (Lipinski definition) is 2. The molecule has 0 aromatic carbocycles. The van der Waals surface area contributed by atoms with Crippen molar-refractivity contribution in [1.29, 1.82) is 10.5 Å². The molecule has 0 rings (SSSR count). The van der Waals surface area contributed by atoms with E-state index in [1.807, 2.05) is 0 Å². The van der Waals surface area contributed by atoms with E-state index in [0.29, 0.717) is 12.8 Å². The number of nitrogens with zero attached hydrogens (tertiary/aromatic N) is 2. The van der Waals surface area contributed by atoms with Crippen LogP contribution in [0, 0.1) is 22.7 Å². The Morgan fingerprint density at radius 1 is 0.938 bits per heavy atom. The summed E-state index contributed by atoms with van der Waals surface area (Å²) < 4.78 is 0. The standard InChI is InChI=1S/C6H10O4.2C2H3N/c7-5(8)3-1-2-4-6(9)10;2*1-2-3/h1-4H2,(H,7,8)(H,9,10);2*1H3. The zero-order valence-corrected chi connectivity index (χ0v) is 9.43. The predicted octanol–water partition coefficient (Wildman–Crippen LogP) is 1.78. The van der Waals surface area contributed by atoms with Crippen molar-refractivity contribution in [1.82, 2.24) is 0 Å². The molecule has 16 heavy (non-hydrogen) atoms. The minimum atomic E-state index is -0.870. The quantitative estimate of drug-likeness (QED) is 0.691. The Balaban J connectivity index is -0.000000235. The summed E-state index contributed by atoms with van der Waals surface area (Å²) in [6.07, 6.45) is 1.02. The summed E-state index contributed by atoms with van der Waals surface area (Å²) in [5.74, 6) is -1.74. The molecule has 6 heteroatoms. The molecule has 0 atom stereocenters. The fraction of sp³-hybridized carbons (Fsp3) is 0.600. The van der Waals surface area contributed by atoms with Gasteiger partial charge in [0.25, 0.3) is 0 Å². The third kappa shape index (κ3) is 58.7. The van der Waals surface area contributed by atoms with Gasteiger partial charge in [-0.25, -0.2) is 0 Å². The molecule has 0 bridgehead atoms. The molecule has 0 spiro atoms. The van der Waals surface area contributed by atoms with Crippen LogP contribution in [0.3, 0.4) is 0 Å². The van der Waals surface area contributed by atoms with E-state index in [-0.39, 0.29) is 12.8 Å². The van der Waals surface area contributed by atoms with Gasteiger partial charge < -0.3 is 10.2 Å². The molecular formula is C10H16N2O4. The first kappa shape index (κ1) is 19.5. The maximum absolute atomic E-state index is 9.90. The van der Waals surface area contributed by atoms with Gasteiger partial charge in [-0.15, -0.1) is 0 Å². The Bertz CT molecular complexity index is 235. The minimum absolute atomic E-state index is 0.0628. The molecule has 90 valence electrons. The Hall–Kier alpha value is -2.08. The number of carboxylic acid groups (broad SMARTS) is 2. The molecule has 0 radical (unpaired) electrons. The van der Waals surface area contributed by atoms with Gasteiger partial charge in [0.15, 0.2) is 0 Å². The first-order chi connectivity index (χ1) is 7.45. The molecule has 0 heterocycles. The average Bonchev–Trinajstić information content (AvgIpc) is 2.14. The largest absolute Gasteiger partial charge is 0.481 e. The van der Waals surface area contributed by atoms with E-state index in [2.05, 4.69) is 0 Å². The monoisotopic (exact) mass is 228 g/mol. The molecule has 0 aliphatic carbocycles. The summed E-state index contributed by atoms with van der Waals surface area (Å²) in [6, 6.07) is 3.50. The molecular weight excluding hydrogens is 212 g/mol. The van der Waals surface area contributed by atoms with Gasteiger partial charge in [-0.2, -0.15) is 10.5 Å². The van der Waals surface area contributed by atoms with Crippen LogP contribution in [-0.2, 0) is 9.59 Å². The number of hydrogen-bond acceptors (Lipinski definition) is 4. The molecule has 2 N–H and O–H groups in total.